The first-order valence-electron chi connectivity index (χ1n) is 8.30. The SMILES string of the molecule is CCOC(=O)COc1c(Cl)cc(/C=C2/SC(=NC)N(C)C2=O)cc1OCC. The number of benzene rings is 1. The Morgan fingerprint density at radius 3 is 2.63 bits per heavy atom. The number of hydrogen-bond acceptors (Lipinski definition) is 7. The molecule has 0 aliphatic carbocycles. The average Bonchev–Trinajstić information content (AvgIpc) is 2.89. The molecule has 1 fully saturated rings. The summed E-state index contributed by atoms with van der Waals surface area (Å²) in [5, 5.41) is 0.891. The number of hydrogen-bond donors (Lipinski definition) is 0. The summed E-state index contributed by atoms with van der Waals surface area (Å²) in [4.78, 5) is 29.9. The number of nitrogens with zero attached hydrogens (tertiary/aromatic N) is 2. The van der Waals surface area contributed by atoms with Crippen LogP contribution in [0.25, 0.3) is 6.08 Å². The number of likely N-dealkylation sites (N-methyl/N-ethyl adjacent to an activating group) is 1. The zero-order valence-electron chi connectivity index (χ0n) is 15.6. The quantitative estimate of drug-likeness (QED) is 0.505. The first-order valence-corrected chi connectivity index (χ1v) is 9.49. The van der Waals surface area contributed by atoms with Crippen molar-refractivity contribution < 1.29 is 23.8 Å². The maximum absolute atomic E-state index is 12.3. The monoisotopic (exact) mass is 412 g/mol. The Kier molecular flexibility index (Phi) is 7.55. The molecule has 1 amide bonds. The van der Waals surface area contributed by atoms with Crippen LogP contribution in [-0.4, -0.2) is 55.9 Å². The Labute approximate surface area is 167 Å². The fourth-order valence-corrected chi connectivity index (χ4v) is 3.51. The zero-order chi connectivity index (χ0) is 20.0. The smallest absolute Gasteiger partial charge is 0.344 e. The highest BCUT2D eigenvalue weighted by molar-refractivity contribution is 8.18. The lowest BCUT2D eigenvalue weighted by molar-refractivity contribution is -0.145. The van der Waals surface area contributed by atoms with E-state index in [4.69, 9.17) is 25.8 Å². The molecule has 1 heterocycles. The summed E-state index contributed by atoms with van der Waals surface area (Å²) in [6, 6.07) is 3.35. The molecule has 2 rings (SSSR count). The van der Waals surface area contributed by atoms with Gasteiger partial charge < -0.3 is 14.2 Å². The lowest BCUT2D eigenvalue weighted by Crippen LogP contribution is -2.23. The summed E-state index contributed by atoms with van der Waals surface area (Å²) in [6.45, 7) is 3.92. The van der Waals surface area contributed by atoms with Crippen LogP contribution in [0, 0.1) is 0 Å². The van der Waals surface area contributed by atoms with Gasteiger partial charge >= 0.3 is 5.97 Å². The van der Waals surface area contributed by atoms with Crippen molar-refractivity contribution in [2.45, 2.75) is 13.8 Å². The number of carbonyl (C=O) groups is 2. The van der Waals surface area contributed by atoms with Gasteiger partial charge in [0, 0.05) is 14.1 Å². The highest BCUT2D eigenvalue weighted by Crippen LogP contribution is 2.39. The molecular formula is C18H21ClN2O5S. The highest BCUT2D eigenvalue weighted by atomic mass is 35.5. The minimum atomic E-state index is -0.496. The predicted molar refractivity (Wildman–Crippen MR) is 106 cm³/mol. The number of ether oxygens (including phenoxy) is 3. The topological polar surface area (TPSA) is 77.4 Å². The molecule has 146 valence electrons. The Hall–Kier alpha value is -2.19. The van der Waals surface area contributed by atoms with E-state index in [1.807, 2.05) is 6.92 Å². The van der Waals surface area contributed by atoms with Gasteiger partial charge in [0.05, 0.1) is 23.1 Å². The summed E-state index contributed by atoms with van der Waals surface area (Å²) in [5.41, 5.74) is 0.675. The molecule has 0 N–H and O–H groups in total. The Morgan fingerprint density at radius 2 is 2.04 bits per heavy atom. The van der Waals surface area contributed by atoms with Crippen LogP contribution in [0.4, 0.5) is 0 Å². The fourth-order valence-electron chi connectivity index (χ4n) is 2.31. The van der Waals surface area contributed by atoms with E-state index < -0.39 is 5.97 Å². The standard InChI is InChI=1S/C18H21ClN2O5S/c1-5-24-13-8-11(9-14-17(23)21(4)18(20-3)27-14)7-12(19)16(13)26-10-15(22)25-6-2/h7-9H,5-6,10H2,1-4H3/b14-9+,20-18?. The molecule has 0 spiro atoms. The second-order valence-electron chi connectivity index (χ2n) is 5.34. The molecule has 7 nitrogen and oxygen atoms in total. The van der Waals surface area contributed by atoms with E-state index >= 15 is 0 Å². The second kappa shape index (κ2) is 9.66. The van der Waals surface area contributed by atoms with Gasteiger partial charge in [-0.05, 0) is 49.4 Å². The first-order chi connectivity index (χ1) is 12.9. The number of amides is 1. The van der Waals surface area contributed by atoms with Gasteiger partial charge in [0.25, 0.3) is 5.91 Å². The lowest BCUT2D eigenvalue weighted by Gasteiger charge is -2.14. The van der Waals surface area contributed by atoms with E-state index in [0.29, 0.717) is 28.0 Å². The largest absolute Gasteiger partial charge is 0.490 e. The molecule has 1 saturated heterocycles. The minimum Gasteiger partial charge on any atom is -0.490 e. The Balaban J connectivity index is 2.31. The van der Waals surface area contributed by atoms with Crippen molar-refractivity contribution in [2.24, 2.45) is 4.99 Å². The van der Waals surface area contributed by atoms with Gasteiger partial charge in [0.2, 0.25) is 0 Å². The molecule has 1 aromatic rings. The third kappa shape index (κ3) is 5.17. The summed E-state index contributed by atoms with van der Waals surface area (Å²) in [6.07, 6.45) is 1.71. The molecule has 1 aromatic carbocycles. The molecule has 9 heteroatoms. The molecule has 1 aliphatic heterocycles. The Morgan fingerprint density at radius 1 is 1.30 bits per heavy atom. The van der Waals surface area contributed by atoms with E-state index in [-0.39, 0.29) is 29.9 Å². The third-order valence-corrected chi connectivity index (χ3v) is 4.90. The van der Waals surface area contributed by atoms with Crippen LogP contribution in [0.2, 0.25) is 5.02 Å². The third-order valence-electron chi connectivity index (χ3n) is 3.46. The van der Waals surface area contributed by atoms with Gasteiger partial charge in [-0.1, -0.05) is 11.6 Å². The number of thioether (sulfide) groups is 1. The summed E-state index contributed by atoms with van der Waals surface area (Å²) in [7, 11) is 3.30. The molecule has 0 bridgehead atoms. The van der Waals surface area contributed by atoms with Crippen molar-refractivity contribution in [3.63, 3.8) is 0 Å². The number of carbonyl (C=O) groups excluding carboxylic acids is 2. The van der Waals surface area contributed by atoms with Gasteiger partial charge in [-0.25, -0.2) is 4.79 Å². The van der Waals surface area contributed by atoms with E-state index in [2.05, 4.69) is 4.99 Å². The van der Waals surface area contributed by atoms with Crippen molar-refractivity contribution in [1.29, 1.82) is 0 Å². The van der Waals surface area contributed by atoms with Gasteiger partial charge in [-0.2, -0.15) is 0 Å². The average molecular weight is 413 g/mol. The normalized spacial score (nSPS) is 16.9. The van der Waals surface area contributed by atoms with Crippen LogP contribution in [0.1, 0.15) is 19.4 Å². The van der Waals surface area contributed by atoms with Crippen LogP contribution >= 0.6 is 23.4 Å². The number of esters is 1. The van der Waals surface area contributed by atoms with Crippen LogP contribution in [0.15, 0.2) is 22.0 Å². The lowest BCUT2D eigenvalue weighted by atomic mass is 10.1. The molecule has 27 heavy (non-hydrogen) atoms. The van der Waals surface area contributed by atoms with Gasteiger partial charge in [-0.3, -0.25) is 14.7 Å². The van der Waals surface area contributed by atoms with Crippen LogP contribution in [0.5, 0.6) is 11.5 Å². The molecule has 1 aliphatic rings. The maximum atomic E-state index is 12.3. The van der Waals surface area contributed by atoms with E-state index in [0.717, 1.165) is 0 Å². The molecule has 0 aromatic heterocycles. The van der Waals surface area contributed by atoms with Crippen molar-refractivity contribution in [3.8, 4) is 11.5 Å². The Bertz CT molecular complexity index is 794. The summed E-state index contributed by atoms with van der Waals surface area (Å²) >= 11 is 7.61. The second-order valence-corrected chi connectivity index (χ2v) is 6.75. The molecule has 0 atom stereocenters. The molecule has 0 radical (unpaired) electrons. The minimum absolute atomic E-state index is 0.141. The number of rotatable bonds is 7. The van der Waals surface area contributed by atoms with E-state index in [1.54, 1.807) is 39.2 Å². The van der Waals surface area contributed by atoms with Crippen molar-refractivity contribution in [3.05, 3.63) is 27.6 Å². The van der Waals surface area contributed by atoms with Crippen LogP contribution < -0.4 is 9.47 Å². The number of aliphatic imine (C=N–C) groups is 1. The highest BCUT2D eigenvalue weighted by Gasteiger charge is 2.29. The zero-order valence-corrected chi connectivity index (χ0v) is 17.1. The van der Waals surface area contributed by atoms with E-state index in [9.17, 15) is 9.59 Å². The molecular weight excluding hydrogens is 392 g/mol. The van der Waals surface area contributed by atoms with Gasteiger partial charge in [-0.15, -0.1) is 0 Å². The van der Waals surface area contributed by atoms with Crippen LogP contribution in [0.3, 0.4) is 0 Å². The molecule has 0 saturated carbocycles. The maximum Gasteiger partial charge on any atom is 0.344 e. The first kappa shape index (κ1) is 21.1. The van der Waals surface area contributed by atoms with E-state index in [1.165, 1.54) is 16.7 Å². The van der Waals surface area contributed by atoms with Crippen molar-refractivity contribution in [1.82, 2.24) is 4.90 Å². The van der Waals surface area contributed by atoms with Crippen molar-refractivity contribution in [2.75, 3.05) is 33.9 Å². The summed E-state index contributed by atoms with van der Waals surface area (Å²) in [5.74, 6) is 0.00304. The van der Waals surface area contributed by atoms with Crippen molar-refractivity contribution >= 4 is 46.5 Å². The summed E-state index contributed by atoms with van der Waals surface area (Å²) < 4.78 is 15.9. The predicted octanol–water partition coefficient (Wildman–Crippen LogP) is 3.21. The number of halogens is 1. The fraction of sp³-hybridized carbons (Fsp3) is 0.389. The van der Waals surface area contributed by atoms with Crippen LogP contribution in [-0.2, 0) is 14.3 Å². The van der Waals surface area contributed by atoms with Gasteiger partial charge in [0.15, 0.2) is 23.3 Å². The number of amidine groups is 1. The van der Waals surface area contributed by atoms with Gasteiger partial charge in [0.1, 0.15) is 0 Å². The molecule has 0 unspecified atom stereocenters.